The first-order chi connectivity index (χ1) is 17.3. The van der Waals surface area contributed by atoms with E-state index in [1.165, 1.54) is 18.1 Å². The summed E-state index contributed by atoms with van der Waals surface area (Å²) in [7, 11) is 2.98. The third kappa shape index (κ3) is 5.03. The third-order valence-corrected chi connectivity index (χ3v) is 6.73. The van der Waals surface area contributed by atoms with E-state index in [1.54, 1.807) is 44.4 Å². The van der Waals surface area contributed by atoms with Crippen molar-refractivity contribution in [2.75, 3.05) is 53.6 Å². The average molecular weight is 497 g/mol. The number of Topliss-reactive ketones (excluding diaryl/α,β-unsaturated/α-hetero) is 1. The van der Waals surface area contributed by atoms with E-state index in [-0.39, 0.29) is 22.8 Å². The van der Waals surface area contributed by atoms with Crippen molar-refractivity contribution >= 4 is 17.4 Å². The normalized spacial score (nSPS) is 20.1. The lowest BCUT2D eigenvalue weighted by atomic mass is 9.93. The van der Waals surface area contributed by atoms with Gasteiger partial charge in [0.2, 0.25) is 0 Å². The molecule has 0 bridgehead atoms. The minimum atomic E-state index is -0.828. The van der Waals surface area contributed by atoms with Crippen molar-refractivity contribution in [3.8, 4) is 17.2 Å². The molecule has 0 aliphatic carbocycles. The minimum Gasteiger partial charge on any atom is -0.507 e. The van der Waals surface area contributed by atoms with Crippen molar-refractivity contribution < 1.29 is 34.0 Å². The van der Waals surface area contributed by atoms with Gasteiger partial charge < -0.3 is 29.3 Å². The van der Waals surface area contributed by atoms with Crippen LogP contribution >= 0.6 is 0 Å². The summed E-state index contributed by atoms with van der Waals surface area (Å²) in [4.78, 5) is 30.3. The molecule has 2 aliphatic rings. The number of aryl methyl sites for hydroxylation is 1. The van der Waals surface area contributed by atoms with E-state index >= 15 is 0 Å². The predicted molar refractivity (Wildman–Crippen MR) is 133 cm³/mol. The Labute approximate surface area is 210 Å². The maximum Gasteiger partial charge on any atom is 0.295 e. The highest BCUT2D eigenvalue weighted by atomic mass is 16.5. The Bertz CT molecular complexity index is 1170. The van der Waals surface area contributed by atoms with Crippen LogP contribution in [0.15, 0.2) is 42.0 Å². The van der Waals surface area contributed by atoms with Crippen LogP contribution in [0.4, 0.5) is 0 Å². The van der Waals surface area contributed by atoms with Gasteiger partial charge in [0.25, 0.3) is 11.7 Å². The number of benzene rings is 2. The Hall–Kier alpha value is -3.56. The molecule has 36 heavy (non-hydrogen) atoms. The fraction of sp³-hybridized carbons (Fsp3) is 0.407. The molecule has 2 heterocycles. The Kier molecular flexibility index (Phi) is 7.81. The number of aromatic hydroxyl groups is 1. The molecule has 4 rings (SSSR count). The molecular weight excluding hydrogens is 464 g/mol. The Morgan fingerprint density at radius 3 is 2.47 bits per heavy atom. The highest BCUT2D eigenvalue weighted by molar-refractivity contribution is 6.46. The molecule has 9 nitrogen and oxygen atoms in total. The number of ether oxygens (including phenoxy) is 3. The van der Waals surface area contributed by atoms with E-state index in [2.05, 4.69) is 4.90 Å². The lowest BCUT2D eigenvalue weighted by molar-refractivity contribution is -0.140. The number of aliphatic hydroxyl groups excluding tert-OH is 1. The quantitative estimate of drug-likeness (QED) is 0.326. The highest BCUT2D eigenvalue weighted by Gasteiger charge is 2.46. The van der Waals surface area contributed by atoms with Crippen molar-refractivity contribution in [1.82, 2.24) is 9.80 Å². The molecule has 2 saturated heterocycles. The SMILES string of the molecule is COc1ccc(/C(O)=C2\C(=O)C(=O)N(CCCN3CCOCC3)[C@@H]2c2ccc(O)c(OC)c2)c(C)c1. The molecule has 2 aliphatic heterocycles. The van der Waals surface area contributed by atoms with Gasteiger partial charge in [-0.2, -0.15) is 0 Å². The van der Waals surface area contributed by atoms with Crippen LogP contribution in [0.1, 0.15) is 29.2 Å². The molecule has 0 saturated carbocycles. The summed E-state index contributed by atoms with van der Waals surface area (Å²) in [5.74, 6) is -0.884. The van der Waals surface area contributed by atoms with E-state index in [0.29, 0.717) is 48.6 Å². The molecule has 1 amide bonds. The monoisotopic (exact) mass is 496 g/mol. The van der Waals surface area contributed by atoms with Crippen molar-refractivity contribution in [2.45, 2.75) is 19.4 Å². The van der Waals surface area contributed by atoms with Gasteiger partial charge in [-0.25, -0.2) is 0 Å². The van der Waals surface area contributed by atoms with Gasteiger partial charge in [-0.05, 0) is 54.8 Å². The van der Waals surface area contributed by atoms with Gasteiger partial charge in [0.05, 0.1) is 39.0 Å². The van der Waals surface area contributed by atoms with E-state index in [4.69, 9.17) is 14.2 Å². The predicted octanol–water partition coefficient (Wildman–Crippen LogP) is 2.86. The number of nitrogens with zero attached hydrogens (tertiary/aromatic N) is 2. The van der Waals surface area contributed by atoms with Gasteiger partial charge in [-0.15, -0.1) is 0 Å². The van der Waals surface area contributed by atoms with Crippen LogP contribution in [-0.2, 0) is 14.3 Å². The Morgan fingerprint density at radius 2 is 1.81 bits per heavy atom. The van der Waals surface area contributed by atoms with Crippen molar-refractivity contribution in [1.29, 1.82) is 0 Å². The fourth-order valence-electron chi connectivity index (χ4n) is 4.78. The van der Waals surface area contributed by atoms with Gasteiger partial charge in [0.15, 0.2) is 11.5 Å². The van der Waals surface area contributed by atoms with Gasteiger partial charge in [0.1, 0.15) is 11.5 Å². The maximum atomic E-state index is 13.3. The van der Waals surface area contributed by atoms with Gasteiger partial charge in [-0.1, -0.05) is 6.07 Å². The van der Waals surface area contributed by atoms with Crippen molar-refractivity contribution in [3.05, 3.63) is 58.7 Å². The number of aliphatic hydroxyl groups is 1. The molecule has 0 spiro atoms. The first-order valence-corrected chi connectivity index (χ1v) is 12.0. The smallest absolute Gasteiger partial charge is 0.295 e. The highest BCUT2D eigenvalue weighted by Crippen LogP contribution is 2.42. The summed E-state index contributed by atoms with van der Waals surface area (Å²) in [5.41, 5.74) is 1.71. The number of morpholine rings is 1. The maximum absolute atomic E-state index is 13.3. The third-order valence-electron chi connectivity index (χ3n) is 6.73. The van der Waals surface area contributed by atoms with Crippen LogP contribution in [0.2, 0.25) is 0 Å². The molecule has 0 aromatic heterocycles. The van der Waals surface area contributed by atoms with E-state index in [1.807, 2.05) is 0 Å². The standard InChI is InChI=1S/C27H32N2O7/c1-17-15-19(34-2)6-7-20(17)25(31)23-24(18-5-8-21(30)22(16-18)35-3)29(27(33)26(23)32)10-4-9-28-11-13-36-14-12-28/h5-8,15-16,24,30-31H,4,9-14H2,1-3H3/b25-23+/t24-/m1/s1. The molecule has 2 aromatic carbocycles. The van der Waals surface area contributed by atoms with Crippen LogP contribution in [0, 0.1) is 6.92 Å². The van der Waals surface area contributed by atoms with Crippen LogP contribution < -0.4 is 9.47 Å². The second-order valence-corrected chi connectivity index (χ2v) is 8.91. The second kappa shape index (κ2) is 11.0. The van der Waals surface area contributed by atoms with Crippen LogP contribution in [0.3, 0.4) is 0 Å². The summed E-state index contributed by atoms with van der Waals surface area (Å²) < 4.78 is 15.9. The van der Waals surface area contributed by atoms with Gasteiger partial charge >= 0.3 is 0 Å². The molecule has 0 unspecified atom stereocenters. The molecule has 2 fully saturated rings. The van der Waals surface area contributed by atoms with Crippen molar-refractivity contribution in [3.63, 3.8) is 0 Å². The molecule has 9 heteroatoms. The average Bonchev–Trinajstić information content (AvgIpc) is 3.14. The largest absolute Gasteiger partial charge is 0.507 e. The van der Waals surface area contributed by atoms with Crippen LogP contribution in [0.5, 0.6) is 17.2 Å². The number of amides is 1. The molecule has 2 aromatic rings. The Morgan fingerprint density at radius 1 is 1.06 bits per heavy atom. The molecule has 0 radical (unpaired) electrons. The summed E-state index contributed by atoms with van der Waals surface area (Å²) in [5, 5.41) is 21.5. The zero-order valence-electron chi connectivity index (χ0n) is 20.8. The lowest BCUT2D eigenvalue weighted by Gasteiger charge is -2.29. The number of carbonyl (C=O) groups is 2. The summed E-state index contributed by atoms with van der Waals surface area (Å²) >= 11 is 0. The van der Waals surface area contributed by atoms with Crippen LogP contribution in [-0.4, -0.2) is 85.3 Å². The first-order valence-electron chi connectivity index (χ1n) is 12.0. The number of rotatable bonds is 8. The summed E-state index contributed by atoms with van der Waals surface area (Å²) in [6, 6.07) is 8.98. The first kappa shape index (κ1) is 25.5. The number of methoxy groups -OCH3 is 2. The number of phenols is 1. The van der Waals surface area contributed by atoms with Crippen LogP contribution in [0.25, 0.3) is 5.76 Å². The number of carbonyl (C=O) groups excluding carboxylic acids is 2. The number of hydrogen-bond acceptors (Lipinski definition) is 8. The fourth-order valence-corrected chi connectivity index (χ4v) is 4.78. The number of likely N-dealkylation sites (tertiary alicyclic amines) is 1. The topological polar surface area (TPSA) is 109 Å². The lowest BCUT2D eigenvalue weighted by Crippen LogP contribution is -2.38. The summed E-state index contributed by atoms with van der Waals surface area (Å²) in [6.07, 6.45) is 0.653. The minimum absolute atomic E-state index is 0.00684. The Balaban J connectivity index is 1.74. The van der Waals surface area contributed by atoms with E-state index in [0.717, 1.165) is 19.6 Å². The zero-order chi connectivity index (χ0) is 25.8. The zero-order valence-corrected chi connectivity index (χ0v) is 20.8. The number of ketones is 1. The number of phenolic OH excluding ortho intramolecular Hbond substituents is 1. The molecule has 2 N–H and O–H groups in total. The van der Waals surface area contributed by atoms with E-state index in [9.17, 15) is 19.8 Å². The molecule has 1 atom stereocenters. The number of hydrogen-bond donors (Lipinski definition) is 2. The second-order valence-electron chi connectivity index (χ2n) is 8.91. The molecular formula is C27H32N2O7. The van der Waals surface area contributed by atoms with E-state index < -0.39 is 17.7 Å². The van der Waals surface area contributed by atoms with Gasteiger partial charge in [0, 0.05) is 31.7 Å². The van der Waals surface area contributed by atoms with Gasteiger partial charge in [-0.3, -0.25) is 14.5 Å². The summed E-state index contributed by atoms with van der Waals surface area (Å²) in [6.45, 7) is 5.90. The van der Waals surface area contributed by atoms with Crippen molar-refractivity contribution in [2.24, 2.45) is 0 Å². The molecule has 192 valence electrons.